The molecule has 1 saturated heterocycles. The highest BCUT2D eigenvalue weighted by molar-refractivity contribution is 5.84. The van der Waals surface area contributed by atoms with Gasteiger partial charge in [-0.2, -0.15) is 0 Å². The van der Waals surface area contributed by atoms with Crippen molar-refractivity contribution in [2.24, 2.45) is 0 Å². The molecule has 0 spiro atoms. The summed E-state index contributed by atoms with van der Waals surface area (Å²) in [5.41, 5.74) is 9.20. The number of benzene rings is 1. The number of amides is 1. The van der Waals surface area contributed by atoms with Gasteiger partial charge in [0.25, 0.3) is 0 Å². The molecule has 10 nitrogen and oxygen atoms in total. The Labute approximate surface area is 205 Å². The third-order valence-corrected chi connectivity index (χ3v) is 6.21. The second-order valence-corrected chi connectivity index (χ2v) is 10.1. The number of nitrogens with one attached hydrogen (secondary N) is 1. The van der Waals surface area contributed by atoms with Crippen LogP contribution in [0.1, 0.15) is 51.8 Å². The number of anilines is 2. The van der Waals surface area contributed by atoms with Gasteiger partial charge in [0.1, 0.15) is 18.1 Å². The van der Waals surface area contributed by atoms with E-state index in [-0.39, 0.29) is 17.7 Å². The Balaban J connectivity index is 1.15. The molecule has 35 heavy (non-hydrogen) atoms. The van der Waals surface area contributed by atoms with Gasteiger partial charge < -0.3 is 20.1 Å². The fourth-order valence-corrected chi connectivity index (χ4v) is 4.25. The number of carbonyl (C=O) groups is 1. The van der Waals surface area contributed by atoms with Crippen molar-refractivity contribution >= 4 is 28.8 Å². The molecular formula is C25H35N7O3. The molecule has 0 radical (unpaired) electrons. The molecule has 188 valence electrons. The summed E-state index contributed by atoms with van der Waals surface area (Å²) in [7, 11) is 2.05. The highest BCUT2D eigenvalue weighted by Crippen LogP contribution is 2.31. The van der Waals surface area contributed by atoms with Crippen LogP contribution in [0.15, 0.2) is 36.9 Å². The lowest BCUT2D eigenvalue weighted by atomic mass is 9.87. The van der Waals surface area contributed by atoms with Crippen LogP contribution >= 0.6 is 0 Å². The van der Waals surface area contributed by atoms with Crippen molar-refractivity contribution in [2.45, 2.75) is 57.8 Å². The summed E-state index contributed by atoms with van der Waals surface area (Å²) >= 11 is 0. The first kappa shape index (κ1) is 24.9. The zero-order valence-electron chi connectivity index (χ0n) is 20.9. The first-order valence-electron chi connectivity index (χ1n) is 12.0. The van der Waals surface area contributed by atoms with Crippen LogP contribution in [0.5, 0.6) is 0 Å². The van der Waals surface area contributed by atoms with E-state index >= 15 is 0 Å². The van der Waals surface area contributed by atoms with Crippen molar-refractivity contribution in [3.05, 3.63) is 42.5 Å². The van der Waals surface area contributed by atoms with Crippen molar-refractivity contribution in [1.82, 2.24) is 24.4 Å². The molecule has 3 heterocycles. The van der Waals surface area contributed by atoms with Gasteiger partial charge in [-0.05, 0) is 49.4 Å². The van der Waals surface area contributed by atoms with Crippen LogP contribution in [0.3, 0.4) is 0 Å². The number of carbonyl (C=O) groups excluding carboxylic acids is 1. The molecule has 2 aromatic heterocycles. The largest absolute Gasteiger partial charge is 0.449 e. The Kier molecular flexibility index (Phi) is 7.51. The summed E-state index contributed by atoms with van der Waals surface area (Å²) in [5, 5.41) is 2.78. The molecule has 1 aliphatic rings. The second-order valence-electron chi connectivity index (χ2n) is 10.1. The van der Waals surface area contributed by atoms with Crippen molar-refractivity contribution in [1.29, 1.82) is 0 Å². The molecule has 2 unspecified atom stereocenters. The highest BCUT2D eigenvalue weighted by atomic mass is 16.5. The number of nitrogens with two attached hydrogens (primary N) is 1. The minimum atomic E-state index is -0.435. The summed E-state index contributed by atoms with van der Waals surface area (Å²) < 4.78 is 13.5. The summed E-state index contributed by atoms with van der Waals surface area (Å²) in [4.78, 5) is 26.9. The predicted molar refractivity (Wildman–Crippen MR) is 135 cm³/mol. The number of fused-ring (bicyclic) bond motifs is 1. The van der Waals surface area contributed by atoms with Gasteiger partial charge in [-0.25, -0.2) is 19.7 Å². The third-order valence-electron chi connectivity index (χ3n) is 6.21. The van der Waals surface area contributed by atoms with Gasteiger partial charge in [-0.1, -0.05) is 32.9 Å². The number of rotatable bonds is 8. The van der Waals surface area contributed by atoms with Gasteiger partial charge in [0.05, 0.1) is 19.0 Å². The van der Waals surface area contributed by atoms with E-state index in [1.807, 2.05) is 35.9 Å². The highest BCUT2D eigenvalue weighted by Gasteiger charge is 2.29. The number of hydrogen-bond acceptors (Lipinski definition) is 8. The normalized spacial score (nSPS) is 18.3. The van der Waals surface area contributed by atoms with Gasteiger partial charge in [0.2, 0.25) is 0 Å². The number of likely N-dealkylation sites (N-methyl/N-ethyl adjacent to an activating group) is 1. The standard InChI is InChI=1S/C25H35N7O3/c1-25(2,3)17-6-8-18(9-7-17)30-24(33)34-13-5-12-31(4)14-19-10-11-20(35-19)32-16-29-21-22(26)27-15-28-23(21)32/h6-9,15-16,19-20H,5,10-14H2,1-4H3,(H,30,33)(H2,26,27,28). The summed E-state index contributed by atoms with van der Waals surface area (Å²) in [6.07, 6.45) is 5.30. The molecule has 1 aliphatic heterocycles. The van der Waals surface area contributed by atoms with Crippen molar-refractivity contribution in [2.75, 3.05) is 37.8 Å². The quantitative estimate of drug-likeness (QED) is 0.464. The third kappa shape index (κ3) is 6.26. The number of nitrogen functional groups attached to an aromatic ring is 1. The van der Waals surface area contributed by atoms with Gasteiger partial charge in [-0.3, -0.25) is 9.88 Å². The average Bonchev–Trinajstić information content (AvgIpc) is 3.44. The van der Waals surface area contributed by atoms with Crippen LogP contribution in [0.25, 0.3) is 11.2 Å². The molecule has 3 aromatic rings. The smallest absolute Gasteiger partial charge is 0.411 e. The van der Waals surface area contributed by atoms with Gasteiger partial charge in [0.15, 0.2) is 11.5 Å². The molecule has 2 atom stereocenters. The molecule has 4 rings (SSSR count). The van der Waals surface area contributed by atoms with Crippen molar-refractivity contribution in [3.8, 4) is 0 Å². The fourth-order valence-electron chi connectivity index (χ4n) is 4.25. The number of ether oxygens (including phenoxy) is 2. The Bertz CT molecular complexity index is 1140. The van der Waals surface area contributed by atoms with Crippen LogP contribution in [-0.2, 0) is 14.9 Å². The van der Waals surface area contributed by atoms with Gasteiger partial charge >= 0.3 is 6.09 Å². The van der Waals surface area contributed by atoms with Crippen LogP contribution in [-0.4, -0.2) is 63.4 Å². The monoisotopic (exact) mass is 481 g/mol. The number of nitrogens with zero attached hydrogens (tertiary/aromatic N) is 5. The van der Waals surface area contributed by atoms with E-state index in [9.17, 15) is 4.79 Å². The van der Waals surface area contributed by atoms with Crippen molar-refractivity contribution in [3.63, 3.8) is 0 Å². The number of hydrogen-bond donors (Lipinski definition) is 2. The molecule has 10 heteroatoms. The Morgan fingerprint density at radius 1 is 1.23 bits per heavy atom. The lowest BCUT2D eigenvalue weighted by molar-refractivity contribution is -0.00894. The molecule has 1 fully saturated rings. The number of imidazole rings is 1. The van der Waals surface area contributed by atoms with Gasteiger partial charge in [-0.15, -0.1) is 0 Å². The van der Waals surface area contributed by atoms with E-state index in [0.717, 1.165) is 38.0 Å². The maximum Gasteiger partial charge on any atom is 0.411 e. The molecule has 0 aliphatic carbocycles. The van der Waals surface area contributed by atoms with E-state index in [4.69, 9.17) is 15.2 Å². The van der Waals surface area contributed by atoms with E-state index < -0.39 is 6.09 Å². The first-order valence-corrected chi connectivity index (χ1v) is 12.0. The molecule has 0 bridgehead atoms. The Morgan fingerprint density at radius 3 is 2.74 bits per heavy atom. The van der Waals surface area contributed by atoms with Crippen molar-refractivity contribution < 1.29 is 14.3 Å². The Morgan fingerprint density at radius 2 is 2.00 bits per heavy atom. The lowest BCUT2D eigenvalue weighted by Crippen LogP contribution is -2.30. The van der Waals surface area contributed by atoms with E-state index in [1.165, 1.54) is 11.9 Å². The van der Waals surface area contributed by atoms with Gasteiger partial charge in [0, 0.05) is 18.8 Å². The topological polar surface area (TPSA) is 120 Å². The average molecular weight is 482 g/mol. The van der Waals surface area contributed by atoms with Crippen LogP contribution in [0.4, 0.5) is 16.3 Å². The molecule has 1 amide bonds. The minimum absolute atomic E-state index is 0.0762. The van der Waals surface area contributed by atoms with E-state index in [1.54, 1.807) is 6.33 Å². The van der Waals surface area contributed by atoms with E-state index in [2.05, 4.69) is 45.9 Å². The summed E-state index contributed by atoms with van der Waals surface area (Å²) in [6.45, 7) is 8.43. The number of aromatic nitrogens is 4. The summed E-state index contributed by atoms with van der Waals surface area (Å²) in [6, 6.07) is 7.86. The van der Waals surface area contributed by atoms with E-state index in [0.29, 0.717) is 23.6 Å². The molecule has 1 aromatic carbocycles. The maximum atomic E-state index is 12.1. The summed E-state index contributed by atoms with van der Waals surface area (Å²) in [5.74, 6) is 0.373. The van der Waals surface area contributed by atoms with Crippen LogP contribution in [0, 0.1) is 0 Å². The first-order chi connectivity index (χ1) is 16.7. The molecule has 3 N–H and O–H groups in total. The molecular weight excluding hydrogens is 446 g/mol. The molecule has 0 saturated carbocycles. The Hall–Kier alpha value is -3.24. The minimum Gasteiger partial charge on any atom is -0.449 e. The lowest BCUT2D eigenvalue weighted by Gasteiger charge is -2.21. The van der Waals surface area contributed by atoms with Crippen LogP contribution in [0.2, 0.25) is 0 Å². The van der Waals surface area contributed by atoms with Crippen LogP contribution < -0.4 is 11.1 Å². The second kappa shape index (κ2) is 10.6. The predicted octanol–water partition coefficient (Wildman–Crippen LogP) is 3.95. The maximum absolute atomic E-state index is 12.1. The zero-order chi connectivity index (χ0) is 25.0. The SMILES string of the molecule is CN(CCCOC(=O)Nc1ccc(C(C)(C)C)cc1)CC1CCC(n2cnc3c(N)ncnc32)O1. The zero-order valence-corrected chi connectivity index (χ0v) is 20.9. The fraction of sp³-hybridized carbons (Fsp3) is 0.520.